The lowest BCUT2D eigenvalue weighted by Crippen LogP contribution is -2.29. The first-order valence-corrected chi connectivity index (χ1v) is 5.74. The van der Waals surface area contributed by atoms with E-state index in [1.807, 2.05) is 0 Å². The monoisotopic (exact) mass is 240 g/mol. The third-order valence-electron chi connectivity index (χ3n) is 2.80. The summed E-state index contributed by atoms with van der Waals surface area (Å²) in [5.74, 6) is 0. The van der Waals surface area contributed by atoms with Crippen LogP contribution in [0.4, 0.5) is 11.4 Å². The van der Waals surface area contributed by atoms with Crippen molar-refractivity contribution < 1.29 is 4.92 Å². The summed E-state index contributed by atoms with van der Waals surface area (Å²) in [6.07, 6.45) is 3.51. The Kier molecular flexibility index (Phi) is 3.29. The first-order chi connectivity index (χ1) is 7.66. The number of nitro benzene ring substituents is 1. The van der Waals surface area contributed by atoms with Crippen LogP contribution in [-0.2, 0) is 0 Å². The number of hydrogen-bond acceptors (Lipinski definition) is 3. The number of anilines is 1. The average molecular weight is 241 g/mol. The molecule has 0 bridgehead atoms. The van der Waals surface area contributed by atoms with Crippen molar-refractivity contribution >= 4 is 23.0 Å². The molecule has 0 N–H and O–H groups in total. The van der Waals surface area contributed by atoms with E-state index in [0.29, 0.717) is 5.02 Å². The zero-order valence-corrected chi connectivity index (χ0v) is 9.61. The summed E-state index contributed by atoms with van der Waals surface area (Å²) in [4.78, 5) is 12.5. The van der Waals surface area contributed by atoms with Crippen LogP contribution in [0.1, 0.15) is 19.3 Å². The zero-order valence-electron chi connectivity index (χ0n) is 8.86. The number of nitro groups is 1. The van der Waals surface area contributed by atoms with Gasteiger partial charge in [-0.3, -0.25) is 10.1 Å². The molecule has 1 saturated heterocycles. The van der Waals surface area contributed by atoms with Crippen LogP contribution < -0.4 is 4.90 Å². The van der Waals surface area contributed by atoms with Crippen LogP contribution in [0.15, 0.2) is 18.2 Å². The topological polar surface area (TPSA) is 46.4 Å². The Hall–Kier alpha value is -1.29. The standard InChI is InChI=1S/C11H13ClN2O2/c12-9-6-10(8-11(7-9)14(15)16)13-4-2-1-3-5-13/h6-8H,1-5H2. The third kappa shape index (κ3) is 2.44. The van der Waals surface area contributed by atoms with Gasteiger partial charge < -0.3 is 4.90 Å². The third-order valence-corrected chi connectivity index (χ3v) is 3.02. The maximum absolute atomic E-state index is 10.7. The van der Waals surface area contributed by atoms with Crippen molar-refractivity contribution in [1.82, 2.24) is 0 Å². The molecule has 86 valence electrons. The van der Waals surface area contributed by atoms with E-state index in [1.54, 1.807) is 12.1 Å². The molecule has 5 heteroatoms. The van der Waals surface area contributed by atoms with Gasteiger partial charge in [0, 0.05) is 35.9 Å². The normalized spacial score (nSPS) is 16.2. The Bertz CT molecular complexity index is 403. The summed E-state index contributed by atoms with van der Waals surface area (Å²) in [7, 11) is 0. The summed E-state index contributed by atoms with van der Waals surface area (Å²) >= 11 is 5.88. The van der Waals surface area contributed by atoms with Gasteiger partial charge in [-0.1, -0.05) is 11.6 Å². The molecule has 4 nitrogen and oxygen atoms in total. The van der Waals surface area contributed by atoms with Crippen LogP contribution in [0.2, 0.25) is 5.02 Å². The van der Waals surface area contributed by atoms with Gasteiger partial charge in [-0.05, 0) is 25.3 Å². The molecule has 2 rings (SSSR count). The lowest BCUT2D eigenvalue weighted by atomic mass is 10.1. The van der Waals surface area contributed by atoms with Crippen LogP contribution in [0.5, 0.6) is 0 Å². The average Bonchev–Trinajstić information content (AvgIpc) is 2.29. The molecule has 0 amide bonds. The van der Waals surface area contributed by atoms with Gasteiger partial charge in [0.05, 0.1) is 4.92 Å². The number of non-ortho nitro benzene ring substituents is 1. The Labute approximate surface area is 99.0 Å². The molecule has 0 radical (unpaired) electrons. The molecular weight excluding hydrogens is 228 g/mol. The highest BCUT2D eigenvalue weighted by Crippen LogP contribution is 2.28. The Morgan fingerprint density at radius 3 is 2.50 bits per heavy atom. The molecule has 1 aliphatic heterocycles. The van der Waals surface area contributed by atoms with Crippen LogP contribution in [0.25, 0.3) is 0 Å². The van der Waals surface area contributed by atoms with Gasteiger partial charge >= 0.3 is 0 Å². The van der Waals surface area contributed by atoms with Gasteiger partial charge in [0.2, 0.25) is 0 Å². The van der Waals surface area contributed by atoms with Crippen LogP contribution in [0, 0.1) is 10.1 Å². The second-order valence-electron chi connectivity index (χ2n) is 3.97. The lowest BCUT2D eigenvalue weighted by molar-refractivity contribution is -0.384. The van der Waals surface area contributed by atoms with Gasteiger partial charge in [-0.25, -0.2) is 0 Å². The number of rotatable bonds is 2. The molecule has 1 aromatic rings. The maximum Gasteiger partial charge on any atom is 0.272 e. The van der Waals surface area contributed by atoms with Crippen LogP contribution >= 0.6 is 11.6 Å². The van der Waals surface area contributed by atoms with Gasteiger partial charge in [0.25, 0.3) is 5.69 Å². The fraction of sp³-hybridized carbons (Fsp3) is 0.455. The highest BCUT2D eigenvalue weighted by molar-refractivity contribution is 6.31. The van der Waals surface area contributed by atoms with E-state index >= 15 is 0 Å². The number of piperidine rings is 1. The van der Waals surface area contributed by atoms with Crippen molar-refractivity contribution in [3.63, 3.8) is 0 Å². The van der Waals surface area contributed by atoms with E-state index in [-0.39, 0.29) is 5.69 Å². The van der Waals surface area contributed by atoms with Crippen molar-refractivity contribution in [1.29, 1.82) is 0 Å². The second-order valence-corrected chi connectivity index (χ2v) is 4.41. The van der Waals surface area contributed by atoms with E-state index in [2.05, 4.69) is 4.90 Å². The van der Waals surface area contributed by atoms with Crippen LogP contribution in [0.3, 0.4) is 0 Å². The Morgan fingerprint density at radius 1 is 1.19 bits per heavy atom. The first kappa shape index (κ1) is 11.2. The Balaban J connectivity index is 2.28. The van der Waals surface area contributed by atoms with Crippen molar-refractivity contribution in [2.75, 3.05) is 18.0 Å². The summed E-state index contributed by atoms with van der Waals surface area (Å²) in [6.45, 7) is 1.91. The second kappa shape index (κ2) is 4.70. The highest BCUT2D eigenvalue weighted by Gasteiger charge is 2.15. The molecule has 0 spiro atoms. The van der Waals surface area contributed by atoms with Crippen molar-refractivity contribution in [3.8, 4) is 0 Å². The van der Waals surface area contributed by atoms with Crippen LogP contribution in [-0.4, -0.2) is 18.0 Å². The molecule has 1 aromatic carbocycles. The summed E-state index contributed by atoms with van der Waals surface area (Å²) in [5.41, 5.74) is 0.923. The van der Waals surface area contributed by atoms with Crippen molar-refractivity contribution in [3.05, 3.63) is 33.3 Å². The lowest BCUT2D eigenvalue weighted by Gasteiger charge is -2.28. The maximum atomic E-state index is 10.7. The molecule has 0 aliphatic carbocycles. The number of halogens is 1. The number of benzene rings is 1. The smallest absolute Gasteiger partial charge is 0.272 e. The van der Waals surface area contributed by atoms with Crippen molar-refractivity contribution in [2.24, 2.45) is 0 Å². The molecular formula is C11H13ClN2O2. The zero-order chi connectivity index (χ0) is 11.5. The van der Waals surface area contributed by atoms with Gasteiger partial charge in [0.15, 0.2) is 0 Å². The Morgan fingerprint density at radius 2 is 1.88 bits per heavy atom. The summed E-state index contributed by atoms with van der Waals surface area (Å²) in [5, 5.41) is 11.1. The van der Waals surface area contributed by atoms with Gasteiger partial charge in [-0.2, -0.15) is 0 Å². The molecule has 16 heavy (non-hydrogen) atoms. The summed E-state index contributed by atoms with van der Waals surface area (Å²) < 4.78 is 0. The van der Waals surface area contributed by atoms with E-state index < -0.39 is 4.92 Å². The quantitative estimate of drug-likeness (QED) is 0.589. The van der Waals surface area contributed by atoms with E-state index in [4.69, 9.17) is 11.6 Å². The van der Waals surface area contributed by atoms with Gasteiger partial charge in [0.1, 0.15) is 0 Å². The van der Waals surface area contributed by atoms with Crippen molar-refractivity contribution in [2.45, 2.75) is 19.3 Å². The van der Waals surface area contributed by atoms with E-state index in [1.165, 1.54) is 12.5 Å². The molecule has 0 unspecified atom stereocenters. The SMILES string of the molecule is O=[N+]([O-])c1cc(Cl)cc(N2CCCCC2)c1. The molecule has 1 aliphatic rings. The fourth-order valence-corrected chi connectivity index (χ4v) is 2.22. The number of nitrogens with zero attached hydrogens (tertiary/aromatic N) is 2. The van der Waals surface area contributed by atoms with Gasteiger partial charge in [-0.15, -0.1) is 0 Å². The molecule has 0 atom stereocenters. The summed E-state index contributed by atoms with van der Waals surface area (Å²) in [6, 6.07) is 4.77. The predicted octanol–water partition coefficient (Wildman–Crippen LogP) is 3.24. The number of hydrogen-bond donors (Lipinski definition) is 0. The molecule has 0 saturated carbocycles. The minimum atomic E-state index is -0.403. The molecule has 0 aromatic heterocycles. The predicted molar refractivity (Wildman–Crippen MR) is 64.2 cm³/mol. The fourth-order valence-electron chi connectivity index (χ4n) is 2.00. The first-order valence-electron chi connectivity index (χ1n) is 5.37. The van der Waals surface area contributed by atoms with E-state index in [0.717, 1.165) is 31.6 Å². The highest BCUT2D eigenvalue weighted by atomic mass is 35.5. The molecule has 1 fully saturated rings. The largest absolute Gasteiger partial charge is 0.371 e. The van der Waals surface area contributed by atoms with E-state index in [9.17, 15) is 10.1 Å². The molecule has 1 heterocycles. The minimum Gasteiger partial charge on any atom is -0.371 e. The minimum absolute atomic E-state index is 0.0630.